The molecular formula is C17H22N2O. The van der Waals surface area contributed by atoms with Crippen LogP contribution in [0, 0.1) is 5.92 Å². The van der Waals surface area contributed by atoms with Crippen molar-refractivity contribution >= 4 is 0 Å². The molecule has 0 unspecified atom stereocenters. The topological polar surface area (TPSA) is 48.1 Å². The molecule has 1 aromatic heterocycles. The van der Waals surface area contributed by atoms with Crippen molar-refractivity contribution in [2.24, 2.45) is 11.7 Å². The Bertz CT molecular complexity index is 508. The number of ether oxygens (including phenoxy) is 1. The first-order chi connectivity index (χ1) is 9.65. The molecule has 1 heterocycles. The highest BCUT2D eigenvalue weighted by Gasteiger charge is 2.06. The van der Waals surface area contributed by atoms with Gasteiger partial charge in [0.05, 0.1) is 0 Å². The van der Waals surface area contributed by atoms with Crippen LogP contribution in [0.5, 0.6) is 5.75 Å². The Hall–Kier alpha value is -1.87. The Kier molecular flexibility index (Phi) is 5.13. The SMILES string of the molecule is CC(C)C[C@@H](N)COc1ccc(-c2ccncc2)cc1. The van der Waals surface area contributed by atoms with E-state index in [-0.39, 0.29) is 6.04 Å². The zero-order chi connectivity index (χ0) is 14.4. The van der Waals surface area contributed by atoms with Gasteiger partial charge in [0.15, 0.2) is 0 Å². The van der Waals surface area contributed by atoms with E-state index in [4.69, 9.17) is 10.5 Å². The average molecular weight is 270 g/mol. The van der Waals surface area contributed by atoms with E-state index < -0.39 is 0 Å². The zero-order valence-electron chi connectivity index (χ0n) is 12.1. The fourth-order valence-electron chi connectivity index (χ4n) is 2.16. The number of aromatic nitrogens is 1. The summed E-state index contributed by atoms with van der Waals surface area (Å²) < 4.78 is 5.72. The molecule has 0 radical (unpaired) electrons. The standard InChI is InChI=1S/C17H22N2O/c1-13(2)11-16(18)12-20-17-5-3-14(4-6-17)15-7-9-19-10-8-15/h3-10,13,16H,11-12,18H2,1-2H3/t16-/m1/s1. The van der Waals surface area contributed by atoms with Crippen LogP contribution >= 0.6 is 0 Å². The van der Waals surface area contributed by atoms with Crippen molar-refractivity contribution in [3.05, 3.63) is 48.8 Å². The Balaban J connectivity index is 1.92. The van der Waals surface area contributed by atoms with Gasteiger partial charge >= 0.3 is 0 Å². The molecule has 0 spiro atoms. The molecule has 0 aliphatic heterocycles. The molecule has 2 rings (SSSR count). The van der Waals surface area contributed by atoms with Crippen molar-refractivity contribution in [3.8, 4) is 16.9 Å². The number of nitrogens with zero attached hydrogens (tertiary/aromatic N) is 1. The predicted molar refractivity (Wildman–Crippen MR) is 82.6 cm³/mol. The van der Waals surface area contributed by atoms with Crippen LogP contribution in [-0.2, 0) is 0 Å². The summed E-state index contributed by atoms with van der Waals surface area (Å²) in [5.74, 6) is 1.46. The smallest absolute Gasteiger partial charge is 0.119 e. The predicted octanol–water partition coefficient (Wildman–Crippen LogP) is 3.50. The molecule has 20 heavy (non-hydrogen) atoms. The molecule has 3 heteroatoms. The summed E-state index contributed by atoms with van der Waals surface area (Å²) in [6.45, 7) is 4.90. The maximum Gasteiger partial charge on any atom is 0.119 e. The molecule has 0 fully saturated rings. The molecule has 0 bridgehead atoms. The summed E-state index contributed by atoms with van der Waals surface area (Å²) >= 11 is 0. The second kappa shape index (κ2) is 7.06. The minimum absolute atomic E-state index is 0.0925. The zero-order valence-corrected chi connectivity index (χ0v) is 12.1. The highest BCUT2D eigenvalue weighted by Crippen LogP contribution is 2.21. The quantitative estimate of drug-likeness (QED) is 0.874. The van der Waals surface area contributed by atoms with Gasteiger partial charge in [-0.25, -0.2) is 0 Å². The van der Waals surface area contributed by atoms with Gasteiger partial charge in [0.2, 0.25) is 0 Å². The summed E-state index contributed by atoms with van der Waals surface area (Å²) in [4.78, 5) is 4.02. The summed E-state index contributed by atoms with van der Waals surface area (Å²) in [7, 11) is 0. The molecule has 0 saturated heterocycles. The van der Waals surface area contributed by atoms with E-state index in [0.717, 1.165) is 23.3 Å². The summed E-state index contributed by atoms with van der Waals surface area (Å²) in [5.41, 5.74) is 8.33. The number of benzene rings is 1. The van der Waals surface area contributed by atoms with Crippen LogP contribution in [0.3, 0.4) is 0 Å². The number of nitrogens with two attached hydrogens (primary N) is 1. The van der Waals surface area contributed by atoms with Crippen LogP contribution in [0.15, 0.2) is 48.8 Å². The van der Waals surface area contributed by atoms with Crippen LogP contribution < -0.4 is 10.5 Å². The first kappa shape index (κ1) is 14.5. The first-order valence-electron chi connectivity index (χ1n) is 7.04. The number of hydrogen-bond acceptors (Lipinski definition) is 3. The van der Waals surface area contributed by atoms with Gasteiger partial charge in [-0.3, -0.25) is 4.98 Å². The lowest BCUT2D eigenvalue weighted by Gasteiger charge is -2.15. The van der Waals surface area contributed by atoms with Crippen LogP contribution in [-0.4, -0.2) is 17.6 Å². The van der Waals surface area contributed by atoms with E-state index in [9.17, 15) is 0 Å². The molecule has 0 aliphatic rings. The van der Waals surface area contributed by atoms with Gasteiger partial charge < -0.3 is 10.5 Å². The Labute approximate surface area is 120 Å². The van der Waals surface area contributed by atoms with Gasteiger partial charge in [0, 0.05) is 18.4 Å². The largest absolute Gasteiger partial charge is 0.492 e. The lowest BCUT2D eigenvalue weighted by molar-refractivity contribution is 0.271. The van der Waals surface area contributed by atoms with Gasteiger partial charge in [-0.15, -0.1) is 0 Å². The number of hydrogen-bond donors (Lipinski definition) is 1. The van der Waals surface area contributed by atoms with E-state index in [1.807, 2.05) is 24.3 Å². The molecule has 3 nitrogen and oxygen atoms in total. The molecule has 1 atom stereocenters. The van der Waals surface area contributed by atoms with Crippen LogP contribution in [0.25, 0.3) is 11.1 Å². The Morgan fingerprint density at radius 1 is 1.00 bits per heavy atom. The van der Waals surface area contributed by atoms with E-state index in [2.05, 4.69) is 31.0 Å². The van der Waals surface area contributed by atoms with Crippen molar-refractivity contribution in [3.63, 3.8) is 0 Å². The summed E-state index contributed by atoms with van der Waals surface area (Å²) in [6, 6.07) is 12.2. The minimum Gasteiger partial charge on any atom is -0.492 e. The Morgan fingerprint density at radius 2 is 1.60 bits per heavy atom. The van der Waals surface area contributed by atoms with E-state index in [1.54, 1.807) is 12.4 Å². The second-order valence-corrected chi connectivity index (χ2v) is 5.46. The molecule has 0 saturated carbocycles. The van der Waals surface area contributed by atoms with Crippen molar-refractivity contribution in [2.45, 2.75) is 26.3 Å². The third-order valence-electron chi connectivity index (χ3n) is 3.11. The molecule has 0 amide bonds. The second-order valence-electron chi connectivity index (χ2n) is 5.46. The minimum atomic E-state index is 0.0925. The van der Waals surface area contributed by atoms with E-state index in [1.165, 1.54) is 0 Å². The van der Waals surface area contributed by atoms with Crippen LogP contribution in [0.2, 0.25) is 0 Å². The summed E-state index contributed by atoms with van der Waals surface area (Å²) in [6.07, 6.45) is 4.57. The highest BCUT2D eigenvalue weighted by molar-refractivity contribution is 5.63. The van der Waals surface area contributed by atoms with Crippen molar-refractivity contribution in [2.75, 3.05) is 6.61 Å². The third kappa shape index (κ3) is 4.35. The van der Waals surface area contributed by atoms with Crippen LogP contribution in [0.4, 0.5) is 0 Å². The van der Waals surface area contributed by atoms with Crippen molar-refractivity contribution in [1.82, 2.24) is 4.98 Å². The Morgan fingerprint density at radius 3 is 2.20 bits per heavy atom. The van der Waals surface area contributed by atoms with E-state index in [0.29, 0.717) is 12.5 Å². The molecule has 2 N–H and O–H groups in total. The van der Waals surface area contributed by atoms with Gasteiger partial charge in [0.1, 0.15) is 12.4 Å². The van der Waals surface area contributed by atoms with Gasteiger partial charge in [-0.1, -0.05) is 26.0 Å². The highest BCUT2D eigenvalue weighted by atomic mass is 16.5. The monoisotopic (exact) mass is 270 g/mol. The lowest BCUT2D eigenvalue weighted by atomic mass is 10.1. The fraction of sp³-hybridized carbons (Fsp3) is 0.353. The van der Waals surface area contributed by atoms with Gasteiger partial charge in [-0.05, 0) is 47.7 Å². The summed E-state index contributed by atoms with van der Waals surface area (Å²) in [5, 5.41) is 0. The molecule has 0 aliphatic carbocycles. The first-order valence-corrected chi connectivity index (χ1v) is 7.04. The molecule has 2 aromatic rings. The fourth-order valence-corrected chi connectivity index (χ4v) is 2.16. The lowest BCUT2D eigenvalue weighted by Crippen LogP contribution is -2.29. The van der Waals surface area contributed by atoms with Gasteiger partial charge in [0.25, 0.3) is 0 Å². The van der Waals surface area contributed by atoms with Crippen molar-refractivity contribution < 1.29 is 4.74 Å². The normalized spacial score (nSPS) is 12.4. The molecular weight excluding hydrogens is 248 g/mol. The maximum absolute atomic E-state index is 6.01. The van der Waals surface area contributed by atoms with Crippen molar-refractivity contribution in [1.29, 1.82) is 0 Å². The average Bonchev–Trinajstić information content (AvgIpc) is 2.46. The number of rotatable bonds is 6. The maximum atomic E-state index is 6.01. The van der Waals surface area contributed by atoms with E-state index >= 15 is 0 Å². The van der Waals surface area contributed by atoms with Crippen LogP contribution in [0.1, 0.15) is 20.3 Å². The molecule has 106 valence electrons. The third-order valence-corrected chi connectivity index (χ3v) is 3.11. The number of pyridine rings is 1. The van der Waals surface area contributed by atoms with Gasteiger partial charge in [-0.2, -0.15) is 0 Å². The molecule has 1 aromatic carbocycles.